The van der Waals surface area contributed by atoms with Gasteiger partial charge in [-0.15, -0.1) is 0 Å². The Morgan fingerprint density at radius 3 is 2.85 bits per heavy atom. The number of aliphatic hydroxyl groups excluding tert-OH is 1. The summed E-state index contributed by atoms with van der Waals surface area (Å²) in [5.41, 5.74) is 6.47. The van der Waals surface area contributed by atoms with E-state index in [2.05, 4.69) is 4.98 Å². The fraction of sp³-hybridized carbons (Fsp3) is 0.444. The summed E-state index contributed by atoms with van der Waals surface area (Å²) in [6.07, 6.45) is 1.01. The number of aliphatic hydroxyl groups is 1. The third kappa shape index (κ3) is 2.17. The normalized spacial score (nSPS) is 15.1. The van der Waals surface area contributed by atoms with Gasteiger partial charge in [0.05, 0.1) is 19.3 Å². The summed E-state index contributed by atoms with van der Waals surface area (Å²) in [5.74, 6) is 0.468. The second kappa shape index (κ2) is 4.20. The van der Waals surface area contributed by atoms with Gasteiger partial charge < -0.3 is 15.6 Å². The fourth-order valence-electron chi connectivity index (χ4n) is 1.09. The van der Waals surface area contributed by atoms with E-state index in [1.807, 2.05) is 0 Å². The molecule has 0 spiro atoms. The molecule has 72 valence electrons. The van der Waals surface area contributed by atoms with Crippen molar-refractivity contribution in [3.8, 4) is 5.88 Å². The summed E-state index contributed by atoms with van der Waals surface area (Å²) in [6.45, 7) is 1.64. The Balaban J connectivity index is 2.98. The first-order valence-corrected chi connectivity index (χ1v) is 4.09. The van der Waals surface area contributed by atoms with E-state index >= 15 is 0 Å². The van der Waals surface area contributed by atoms with Crippen LogP contribution >= 0.6 is 0 Å². The van der Waals surface area contributed by atoms with E-state index in [0.29, 0.717) is 5.88 Å². The third-order valence-corrected chi connectivity index (χ3v) is 1.87. The molecule has 0 aliphatic carbocycles. The first kappa shape index (κ1) is 9.95. The number of ether oxygens (including phenoxy) is 1. The standard InChI is InChI=1S/C9H14N2O2/c1-6(12)8(10)7-4-3-5-11-9(7)13-2/h3-6,8,12H,10H2,1-2H3/t6-,8+/m0/s1. The number of nitrogens with two attached hydrogens (primary N) is 1. The average Bonchev–Trinajstić information content (AvgIpc) is 2.16. The molecular formula is C9H14N2O2. The topological polar surface area (TPSA) is 68.4 Å². The number of hydrogen-bond acceptors (Lipinski definition) is 4. The van der Waals surface area contributed by atoms with Crippen molar-refractivity contribution in [2.24, 2.45) is 5.73 Å². The molecule has 0 saturated carbocycles. The number of rotatable bonds is 3. The van der Waals surface area contributed by atoms with Gasteiger partial charge in [-0.2, -0.15) is 0 Å². The molecule has 2 atom stereocenters. The van der Waals surface area contributed by atoms with Gasteiger partial charge in [0.15, 0.2) is 0 Å². The molecular weight excluding hydrogens is 168 g/mol. The quantitative estimate of drug-likeness (QED) is 0.713. The van der Waals surface area contributed by atoms with Crippen LogP contribution in [-0.2, 0) is 0 Å². The molecule has 0 unspecified atom stereocenters. The van der Waals surface area contributed by atoms with Gasteiger partial charge in [0, 0.05) is 11.8 Å². The maximum Gasteiger partial charge on any atom is 0.217 e. The monoisotopic (exact) mass is 182 g/mol. The highest BCUT2D eigenvalue weighted by Crippen LogP contribution is 2.22. The van der Waals surface area contributed by atoms with Crippen molar-refractivity contribution in [1.82, 2.24) is 4.98 Å². The molecule has 4 nitrogen and oxygen atoms in total. The molecule has 1 aromatic heterocycles. The summed E-state index contributed by atoms with van der Waals surface area (Å²) in [5, 5.41) is 9.29. The van der Waals surface area contributed by atoms with Crippen LogP contribution in [0.2, 0.25) is 0 Å². The minimum absolute atomic E-state index is 0.455. The molecule has 0 aliphatic heterocycles. The van der Waals surface area contributed by atoms with Crippen molar-refractivity contribution >= 4 is 0 Å². The Hall–Kier alpha value is -1.13. The number of pyridine rings is 1. The molecule has 0 amide bonds. The van der Waals surface area contributed by atoms with E-state index in [9.17, 15) is 5.11 Å². The van der Waals surface area contributed by atoms with E-state index < -0.39 is 12.1 Å². The zero-order valence-corrected chi connectivity index (χ0v) is 7.77. The zero-order chi connectivity index (χ0) is 9.84. The minimum Gasteiger partial charge on any atom is -0.481 e. The Kier molecular flexibility index (Phi) is 3.22. The third-order valence-electron chi connectivity index (χ3n) is 1.87. The Morgan fingerprint density at radius 1 is 1.62 bits per heavy atom. The lowest BCUT2D eigenvalue weighted by atomic mass is 10.1. The summed E-state index contributed by atoms with van der Waals surface area (Å²) < 4.78 is 5.01. The van der Waals surface area contributed by atoms with Gasteiger partial charge in [-0.25, -0.2) is 4.98 Å². The van der Waals surface area contributed by atoms with Crippen LogP contribution < -0.4 is 10.5 Å². The van der Waals surface area contributed by atoms with Crippen LogP contribution in [0.25, 0.3) is 0 Å². The molecule has 0 radical (unpaired) electrons. The molecule has 1 rings (SSSR count). The highest BCUT2D eigenvalue weighted by molar-refractivity contribution is 5.29. The van der Waals surface area contributed by atoms with E-state index in [4.69, 9.17) is 10.5 Å². The van der Waals surface area contributed by atoms with E-state index in [0.717, 1.165) is 5.56 Å². The van der Waals surface area contributed by atoms with Crippen LogP contribution in [0, 0.1) is 0 Å². The molecule has 0 bridgehead atoms. The van der Waals surface area contributed by atoms with Gasteiger partial charge in [-0.05, 0) is 13.0 Å². The van der Waals surface area contributed by atoms with E-state index in [-0.39, 0.29) is 0 Å². The first-order chi connectivity index (χ1) is 6.16. The van der Waals surface area contributed by atoms with Crippen molar-refractivity contribution < 1.29 is 9.84 Å². The number of nitrogens with zero attached hydrogens (tertiary/aromatic N) is 1. The second-order valence-electron chi connectivity index (χ2n) is 2.87. The molecule has 1 heterocycles. The molecule has 0 aliphatic rings. The largest absolute Gasteiger partial charge is 0.481 e. The first-order valence-electron chi connectivity index (χ1n) is 4.09. The predicted molar refractivity (Wildman–Crippen MR) is 49.4 cm³/mol. The molecule has 0 saturated heterocycles. The average molecular weight is 182 g/mol. The van der Waals surface area contributed by atoms with Crippen molar-refractivity contribution in [3.05, 3.63) is 23.9 Å². The van der Waals surface area contributed by atoms with Crippen LogP contribution in [-0.4, -0.2) is 23.3 Å². The highest BCUT2D eigenvalue weighted by atomic mass is 16.5. The van der Waals surface area contributed by atoms with Crippen LogP contribution in [0.5, 0.6) is 5.88 Å². The molecule has 4 heteroatoms. The van der Waals surface area contributed by atoms with Crippen molar-refractivity contribution in [3.63, 3.8) is 0 Å². The summed E-state index contributed by atoms with van der Waals surface area (Å²) >= 11 is 0. The van der Waals surface area contributed by atoms with Crippen molar-refractivity contribution in [1.29, 1.82) is 0 Å². The highest BCUT2D eigenvalue weighted by Gasteiger charge is 2.16. The van der Waals surface area contributed by atoms with Crippen molar-refractivity contribution in [2.45, 2.75) is 19.1 Å². The van der Waals surface area contributed by atoms with Crippen molar-refractivity contribution in [2.75, 3.05) is 7.11 Å². The smallest absolute Gasteiger partial charge is 0.217 e. The van der Waals surface area contributed by atoms with Gasteiger partial charge in [-0.1, -0.05) is 6.07 Å². The Labute approximate surface area is 77.4 Å². The summed E-state index contributed by atoms with van der Waals surface area (Å²) in [7, 11) is 1.53. The SMILES string of the molecule is COc1ncccc1[C@H](N)[C@H](C)O. The zero-order valence-electron chi connectivity index (χ0n) is 7.77. The maximum atomic E-state index is 9.29. The Bertz CT molecular complexity index is 276. The van der Waals surface area contributed by atoms with E-state index in [1.165, 1.54) is 7.11 Å². The van der Waals surface area contributed by atoms with Crippen LogP contribution in [0.3, 0.4) is 0 Å². The Morgan fingerprint density at radius 2 is 2.31 bits per heavy atom. The van der Waals surface area contributed by atoms with Crippen LogP contribution in [0.15, 0.2) is 18.3 Å². The molecule has 0 fully saturated rings. The lowest BCUT2D eigenvalue weighted by Crippen LogP contribution is -2.23. The lowest BCUT2D eigenvalue weighted by Gasteiger charge is -2.16. The maximum absolute atomic E-state index is 9.29. The van der Waals surface area contributed by atoms with Gasteiger partial charge in [0.25, 0.3) is 0 Å². The molecule has 13 heavy (non-hydrogen) atoms. The fourth-order valence-corrected chi connectivity index (χ4v) is 1.09. The number of methoxy groups -OCH3 is 1. The van der Waals surface area contributed by atoms with Gasteiger partial charge >= 0.3 is 0 Å². The predicted octanol–water partition coefficient (Wildman–Crippen LogP) is 0.471. The van der Waals surface area contributed by atoms with Crippen LogP contribution in [0.4, 0.5) is 0 Å². The second-order valence-corrected chi connectivity index (χ2v) is 2.87. The lowest BCUT2D eigenvalue weighted by molar-refractivity contribution is 0.162. The van der Waals surface area contributed by atoms with Gasteiger partial charge in [0.1, 0.15) is 0 Å². The molecule has 3 N–H and O–H groups in total. The number of aromatic nitrogens is 1. The molecule has 1 aromatic rings. The summed E-state index contributed by atoms with van der Waals surface area (Å²) in [4.78, 5) is 3.99. The van der Waals surface area contributed by atoms with Crippen LogP contribution in [0.1, 0.15) is 18.5 Å². The van der Waals surface area contributed by atoms with Gasteiger partial charge in [0.2, 0.25) is 5.88 Å². The number of hydrogen-bond donors (Lipinski definition) is 2. The summed E-state index contributed by atoms with van der Waals surface area (Å²) in [6, 6.07) is 3.10. The van der Waals surface area contributed by atoms with Gasteiger partial charge in [-0.3, -0.25) is 0 Å². The van der Waals surface area contributed by atoms with E-state index in [1.54, 1.807) is 25.3 Å². The molecule has 0 aromatic carbocycles. The minimum atomic E-state index is -0.613.